The van der Waals surface area contributed by atoms with Crippen molar-refractivity contribution in [1.29, 1.82) is 0 Å². The van der Waals surface area contributed by atoms with Crippen LogP contribution in [0.2, 0.25) is 0 Å². The molecule has 5 rings (SSSR count). The second kappa shape index (κ2) is 12.3. The van der Waals surface area contributed by atoms with Gasteiger partial charge in [0.25, 0.3) is 0 Å². The molecule has 0 heterocycles. The molecule has 0 saturated heterocycles. The Bertz CT molecular complexity index is 1060. The van der Waals surface area contributed by atoms with E-state index in [1.807, 2.05) is 48.6 Å². The summed E-state index contributed by atoms with van der Waals surface area (Å²) in [6.45, 7) is 0. The average molecular weight is 503 g/mol. The van der Waals surface area contributed by atoms with Crippen molar-refractivity contribution in [2.24, 2.45) is 0 Å². The Labute approximate surface area is 220 Å². The van der Waals surface area contributed by atoms with Crippen LogP contribution in [0, 0.1) is 0 Å². The number of nitrogens with zero attached hydrogens (tertiary/aromatic N) is 1. The normalized spacial score (nSPS) is 27.3. The van der Waals surface area contributed by atoms with Gasteiger partial charge in [0.05, 0.1) is 6.04 Å². The van der Waals surface area contributed by atoms with E-state index in [2.05, 4.69) is 29.7 Å². The highest BCUT2D eigenvalue weighted by molar-refractivity contribution is 5.75. The van der Waals surface area contributed by atoms with E-state index in [4.69, 9.17) is 9.47 Å². The van der Waals surface area contributed by atoms with Gasteiger partial charge >= 0.3 is 12.2 Å². The van der Waals surface area contributed by atoms with Gasteiger partial charge in [-0.1, -0.05) is 85.7 Å². The van der Waals surface area contributed by atoms with Gasteiger partial charge in [-0.2, -0.15) is 0 Å². The smallest absolute Gasteiger partial charge is 0.429 e. The van der Waals surface area contributed by atoms with Crippen LogP contribution in [0.3, 0.4) is 0 Å². The minimum atomic E-state index is -0.590. The summed E-state index contributed by atoms with van der Waals surface area (Å²) in [5, 5.41) is 1.35. The second-order valence-electron chi connectivity index (χ2n) is 10.5. The Hall–Kier alpha value is -3.28. The van der Waals surface area contributed by atoms with Crippen LogP contribution < -0.4 is 5.43 Å². The van der Waals surface area contributed by atoms with Crippen LogP contribution in [0.15, 0.2) is 72.8 Å². The zero-order chi connectivity index (χ0) is 25.5. The lowest BCUT2D eigenvalue weighted by Gasteiger charge is -2.35. The molecule has 196 valence electrons. The number of rotatable bonds is 5. The van der Waals surface area contributed by atoms with Gasteiger partial charge in [0.1, 0.15) is 12.2 Å². The van der Waals surface area contributed by atoms with Crippen molar-refractivity contribution in [3.8, 4) is 0 Å². The molecule has 2 saturated carbocycles. The molecule has 2 aromatic rings. The number of benzene rings is 2. The van der Waals surface area contributed by atoms with Crippen LogP contribution in [0.25, 0.3) is 0 Å². The van der Waals surface area contributed by atoms with Crippen LogP contribution >= 0.6 is 0 Å². The number of nitrogens with one attached hydrogen (secondary N) is 1. The van der Waals surface area contributed by atoms with Gasteiger partial charge in [0, 0.05) is 11.8 Å². The van der Waals surface area contributed by atoms with E-state index >= 15 is 0 Å². The third kappa shape index (κ3) is 6.35. The molecule has 2 amide bonds. The fourth-order valence-electron chi connectivity index (χ4n) is 6.18. The summed E-state index contributed by atoms with van der Waals surface area (Å²) in [5.74, 6) is 0.335. The molecule has 0 bridgehead atoms. The quantitative estimate of drug-likeness (QED) is 0.346. The third-order valence-corrected chi connectivity index (χ3v) is 8.10. The number of carbonyl (C=O) groups is 2. The molecule has 0 spiro atoms. The number of allylic oxidation sites excluding steroid dienone is 1. The topological polar surface area (TPSA) is 67.9 Å². The molecule has 0 aliphatic heterocycles. The monoisotopic (exact) mass is 502 g/mol. The predicted molar refractivity (Wildman–Crippen MR) is 143 cm³/mol. The van der Waals surface area contributed by atoms with Gasteiger partial charge in [-0.3, -0.25) is 0 Å². The van der Waals surface area contributed by atoms with Crippen molar-refractivity contribution < 1.29 is 19.1 Å². The number of ether oxygens (including phenoxy) is 2. The summed E-state index contributed by atoms with van der Waals surface area (Å²) in [5.41, 5.74) is 5.16. The van der Waals surface area contributed by atoms with Crippen LogP contribution in [-0.2, 0) is 9.47 Å². The molecule has 0 aromatic heterocycles. The molecular weight excluding hydrogens is 464 g/mol. The zero-order valence-electron chi connectivity index (χ0n) is 21.5. The van der Waals surface area contributed by atoms with Gasteiger partial charge < -0.3 is 9.47 Å². The van der Waals surface area contributed by atoms with E-state index in [-0.39, 0.29) is 30.1 Å². The van der Waals surface area contributed by atoms with Crippen LogP contribution in [0.5, 0.6) is 0 Å². The van der Waals surface area contributed by atoms with Gasteiger partial charge in [-0.25, -0.2) is 20.0 Å². The van der Waals surface area contributed by atoms with E-state index in [0.717, 1.165) is 64.2 Å². The number of amides is 2. The summed E-state index contributed by atoms with van der Waals surface area (Å²) >= 11 is 0. The minimum absolute atomic E-state index is 0.167. The minimum Gasteiger partial charge on any atom is -0.444 e. The molecular formula is C31H38N2O4. The summed E-state index contributed by atoms with van der Waals surface area (Å²) in [7, 11) is 0. The Morgan fingerprint density at radius 2 is 1.24 bits per heavy atom. The Morgan fingerprint density at radius 3 is 1.78 bits per heavy atom. The van der Waals surface area contributed by atoms with Gasteiger partial charge in [0.15, 0.2) is 0 Å². The maximum Gasteiger partial charge on any atom is 0.429 e. The van der Waals surface area contributed by atoms with Crippen molar-refractivity contribution in [2.45, 2.75) is 94.3 Å². The maximum atomic E-state index is 13.5. The lowest BCUT2D eigenvalue weighted by atomic mass is 9.81. The molecule has 0 radical (unpaired) electrons. The lowest BCUT2D eigenvalue weighted by Crippen LogP contribution is -2.53. The summed E-state index contributed by atoms with van der Waals surface area (Å²) in [4.78, 5) is 26.6. The first-order valence-corrected chi connectivity index (χ1v) is 13.9. The first-order chi connectivity index (χ1) is 18.2. The highest BCUT2D eigenvalue weighted by Gasteiger charge is 2.35. The molecule has 6 nitrogen and oxygen atoms in total. The summed E-state index contributed by atoms with van der Waals surface area (Å²) in [6.07, 6.45) is 12.0. The van der Waals surface area contributed by atoms with E-state index in [1.54, 1.807) is 0 Å². The van der Waals surface area contributed by atoms with E-state index in [1.165, 1.54) is 16.1 Å². The Balaban J connectivity index is 1.26. The number of hydrazine groups is 1. The average Bonchev–Trinajstić information content (AvgIpc) is 3.48. The van der Waals surface area contributed by atoms with Crippen molar-refractivity contribution >= 4 is 12.2 Å². The lowest BCUT2D eigenvalue weighted by molar-refractivity contribution is 0.00534. The van der Waals surface area contributed by atoms with Gasteiger partial charge in [0.2, 0.25) is 0 Å². The zero-order valence-corrected chi connectivity index (χ0v) is 21.5. The van der Waals surface area contributed by atoms with Crippen LogP contribution in [0.4, 0.5) is 9.59 Å². The highest BCUT2D eigenvalue weighted by Crippen LogP contribution is 2.36. The standard InChI is InChI=1S/C31H38N2O4/c34-30(36-28-21-11-9-19-26(28)23-13-3-1-4-14-23)32-33(25-17-7-8-18-25)31(35)37-29-22-12-10-20-27(29)24-15-5-2-6-16-24/h1-7,13-17,25-29H,8-12,18-22H2,(H,32,34)/t25?,26-,27-,28+,29+/m0/s1. The SMILES string of the molecule is O=C(NN(C(=O)O[C@@H]1CCCC[C@H]1c1ccccc1)C1C=CCC1)O[C@@H]1CCCC[C@H]1c1ccccc1. The fourth-order valence-corrected chi connectivity index (χ4v) is 6.18. The number of hydrogen-bond donors (Lipinski definition) is 1. The molecule has 37 heavy (non-hydrogen) atoms. The van der Waals surface area contributed by atoms with Crippen molar-refractivity contribution in [1.82, 2.24) is 10.4 Å². The molecule has 1 N–H and O–H groups in total. The molecule has 2 aromatic carbocycles. The summed E-state index contributed by atoms with van der Waals surface area (Å²) in [6, 6.07) is 20.3. The third-order valence-electron chi connectivity index (χ3n) is 8.10. The predicted octanol–water partition coefficient (Wildman–Crippen LogP) is 7.24. The molecule has 3 aliphatic rings. The van der Waals surface area contributed by atoms with E-state index in [9.17, 15) is 9.59 Å². The second-order valence-corrected chi connectivity index (χ2v) is 10.5. The fraction of sp³-hybridized carbons (Fsp3) is 0.484. The van der Waals surface area contributed by atoms with Crippen molar-refractivity contribution in [2.75, 3.05) is 0 Å². The van der Waals surface area contributed by atoms with Crippen molar-refractivity contribution in [3.05, 3.63) is 83.9 Å². The molecule has 5 atom stereocenters. The molecule has 2 fully saturated rings. The first-order valence-electron chi connectivity index (χ1n) is 13.9. The van der Waals surface area contributed by atoms with Crippen LogP contribution in [0.1, 0.15) is 87.2 Å². The van der Waals surface area contributed by atoms with Gasteiger partial charge in [-0.05, 0) is 62.5 Å². The highest BCUT2D eigenvalue weighted by atomic mass is 16.6. The molecule has 1 unspecified atom stereocenters. The number of hydrogen-bond acceptors (Lipinski definition) is 4. The summed E-state index contributed by atoms with van der Waals surface area (Å²) < 4.78 is 12.1. The van der Waals surface area contributed by atoms with Gasteiger partial charge in [-0.15, -0.1) is 0 Å². The Morgan fingerprint density at radius 1 is 0.703 bits per heavy atom. The molecule has 3 aliphatic carbocycles. The molecule has 6 heteroatoms. The largest absolute Gasteiger partial charge is 0.444 e. The van der Waals surface area contributed by atoms with E-state index < -0.39 is 12.2 Å². The van der Waals surface area contributed by atoms with E-state index in [0.29, 0.717) is 0 Å². The first kappa shape index (κ1) is 25.4. The number of carbonyl (C=O) groups excluding carboxylic acids is 2. The Kier molecular flexibility index (Phi) is 8.44. The van der Waals surface area contributed by atoms with Crippen LogP contribution in [-0.4, -0.2) is 35.4 Å². The van der Waals surface area contributed by atoms with Crippen molar-refractivity contribution in [3.63, 3.8) is 0 Å². The maximum absolute atomic E-state index is 13.5.